The predicted molar refractivity (Wildman–Crippen MR) is 91.1 cm³/mol. The van der Waals surface area contributed by atoms with E-state index in [9.17, 15) is 9.59 Å². The number of aromatic nitrogens is 1. The number of hydrogen-bond acceptors (Lipinski definition) is 3. The molecule has 128 valence electrons. The summed E-state index contributed by atoms with van der Waals surface area (Å²) >= 11 is 0. The van der Waals surface area contributed by atoms with Crippen LogP contribution in [0.25, 0.3) is 0 Å². The number of carbonyl (C=O) groups is 2. The molecule has 5 nitrogen and oxygen atoms in total. The van der Waals surface area contributed by atoms with Gasteiger partial charge in [-0.25, -0.2) is 0 Å². The molecule has 4 aliphatic rings. The molecule has 4 bridgehead atoms. The van der Waals surface area contributed by atoms with Crippen molar-refractivity contribution in [1.82, 2.24) is 10.3 Å². The zero-order valence-corrected chi connectivity index (χ0v) is 14.0. The highest BCUT2D eigenvalue weighted by Gasteiger charge is 2.54. The lowest BCUT2D eigenvalue weighted by Crippen LogP contribution is -2.53. The highest BCUT2D eigenvalue weighted by Crippen LogP contribution is 2.60. The van der Waals surface area contributed by atoms with Gasteiger partial charge in [-0.3, -0.25) is 14.6 Å². The first-order chi connectivity index (χ1) is 11.6. The lowest BCUT2D eigenvalue weighted by Gasteiger charge is -2.55. The molecule has 5 rings (SSSR count). The van der Waals surface area contributed by atoms with Crippen LogP contribution in [0.2, 0.25) is 0 Å². The van der Waals surface area contributed by atoms with Crippen LogP contribution in [0.4, 0.5) is 5.69 Å². The average Bonchev–Trinajstić information content (AvgIpc) is 2.54. The molecular formula is C19H25N3O2. The van der Waals surface area contributed by atoms with Gasteiger partial charge in [-0.05, 0) is 68.4 Å². The quantitative estimate of drug-likeness (QED) is 0.873. The Morgan fingerprint density at radius 3 is 2.21 bits per heavy atom. The van der Waals surface area contributed by atoms with Crippen LogP contribution in [0.5, 0.6) is 0 Å². The van der Waals surface area contributed by atoms with Gasteiger partial charge in [0, 0.05) is 36.5 Å². The van der Waals surface area contributed by atoms with Crippen molar-refractivity contribution in [3.8, 4) is 0 Å². The molecule has 0 unspecified atom stereocenters. The van der Waals surface area contributed by atoms with E-state index in [1.165, 1.54) is 19.3 Å². The van der Waals surface area contributed by atoms with Crippen molar-refractivity contribution in [2.45, 2.75) is 44.9 Å². The molecule has 4 fully saturated rings. The molecule has 0 aliphatic heterocycles. The Bertz CT molecular complexity index is 593. The summed E-state index contributed by atoms with van der Waals surface area (Å²) in [5.41, 5.74) is 0.610. The molecule has 1 aromatic heterocycles. The Balaban J connectivity index is 1.27. The van der Waals surface area contributed by atoms with Gasteiger partial charge in [-0.2, -0.15) is 0 Å². The van der Waals surface area contributed by atoms with E-state index >= 15 is 0 Å². The van der Waals surface area contributed by atoms with Gasteiger partial charge in [0.25, 0.3) is 0 Å². The second kappa shape index (κ2) is 6.19. The van der Waals surface area contributed by atoms with Crippen molar-refractivity contribution in [3.63, 3.8) is 0 Å². The van der Waals surface area contributed by atoms with Crippen molar-refractivity contribution in [3.05, 3.63) is 24.5 Å². The fourth-order valence-electron chi connectivity index (χ4n) is 5.52. The molecule has 2 N–H and O–H groups in total. The molecule has 1 heterocycles. The van der Waals surface area contributed by atoms with Crippen LogP contribution in [0.1, 0.15) is 44.9 Å². The van der Waals surface area contributed by atoms with Gasteiger partial charge in [0.15, 0.2) is 0 Å². The third-order valence-electron chi connectivity index (χ3n) is 6.12. The predicted octanol–water partition coefficient (Wildman–Crippen LogP) is 2.74. The molecular weight excluding hydrogens is 302 g/mol. The third-order valence-corrected chi connectivity index (χ3v) is 6.12. The monoisotopic (exact) mass is 327 g/mol. The number of anilines is 1. The second-order valence-electron chi connectivity index (χ2n) is 7.99. The Kier molecular flexibility index (Phi) is 4.02. The van der Waals surface area contributed by atoms with Gasteiger partial charge in [0.2, 0.25) is 11.8 Å². The number of pyridine rings is 1. The summed E-state index contributed by atoms with van der Waals surface area (Å²) in [6.07, 6.45) is 10.8. The molecule has 2 amide bonds. The summed E-state index contributed by atoms with van der Waals surface area (Å²) in [6.45, 7) is 0.414. The first-order valence-corrected chi connectivity index (χ1v) is 9.11. The Morgan fingerprint density at radius 1 is 1.04 bits per heavy atom. The summed E-state index contributed by atoms with van der Waals surface area (Å²) in [6, 6.07) is 3.51. The standard InChI is InChI=1S/C19H25N3O2/c23-17(22-16-1-4-20-5-2-16)3-6-21-18(24)19-10-13-7-14(11-19)9-15(8-13)12-19/h1-2,4-5,13-15H,3,6-12H2,(H,21,24)(H,20,22,23). The van der Waals surface area contributed by atoms with Crippen LogP contribution in [0, 0.1) is 23.2 Å². The Morgan fingerprint density at radius 2 is 1.62 bits per heavy atom. The van der Waals surface area contributed by atoms with Crippen molar-refractivity contribution in [1.29, 1.82) is 0 Å². The van der Waals surface area contributed by atoms with E-state index in [4.69, 9.17) is 0 Å². The average molecular weight is 327 g/mol. The van der Waals surface area contributed by atoms with E-state index < -0.39 is 0 Å². The van der Waals surface area contributed by atoms with E-state index in [0.717, 1.165) is 42.7 Å². The maximum absolute atomic E-state index is 12.8. The molecule has 0 atom stereocenters. The zero-order chi connectivity index (χ0) is 16.6. The summed E-state index contributed by atoms with van der Waals surface area (Å²) in [5, 5.41) is 5.87. The van der Waals surface area contributed by atoms with Crippen LogP contribution in [-0.2, 0) is 9.59 Å². The fourth-order valence-corrected chi connectivity index (χ4v) is 5.52. The minimum Gasteiger partial charge on any atom is -0.355 e. The van der Waals surface area contributed by atoms with Crippen LogP contribution >= 0.6 is 0 Å². The van der Waals surface area contributed by atoms with Crippen molar-refractivity contribution >= 4 is 17.5 Å². The smallest absolute Gasteiger partial charge is 0.226 e. The highest BCUT2D eigenvalue weighted by atomic mass is 16.2. The van der Waals surface area contributed by atoms with Crippen LogP contribution in [0.3, 0.4) is 0 Å². The topological polar surface area (TPSA) is 71.1 Å². The molecule has 0 saturated heterocycles. The van der Waals surface area contributed by atoms with Gasteiger partial charge in [-0.1, -0.05) is 0 Å². The van der Waals surface area contributed by atoms with Gasteiger partial charge in [-0.15, -0.1) is 0 Å². The molecule has 0 spiro atoms. The number of nitrogens with one attached hydrogen (secondary N) is 2. The molecule has 4 aliphatic carbocycles. The molecule has 0 radical (unpaired) electrons. The minimum absolute atomic E-state index is 0.0768. The SMILES string of the molecule is O=C(CCNC(=O)C12CC3CC(CC(C3)C1)C2)Nc1ccncc1. The second-order valence-corrected chi connectivity index (χ2v) is 7.99. The maximum atomic E-state index is 12.8. The van der Waals surface area contributed by atoms with Gasteiger partial charge in [0.05, 0.1) is 0 Å². The number of hydrogen-bond donors (Lipinski definition) is 2. The fraction of sp³-hybridized carbons (Fsp3) is 0.632. The van der Waals surface area contributed by atoms with Crippen molar-refractivity contribution < 1.29 is 9.59 Å². The Labute approximate surface area is 142 Å². The number of carbonyl (C=O) groups excluding carboxylic acids is 2. The molecule has 0 aromatic carbocycles. The largest absolute Gasteiger partial charge is 0.355 e. The van der Waals surface area contributed by atoms with E-state index in [-0.39, 0.29) is 17.2 Å². The van der Waals surface area contributed by atoms with E-state index in [1.807, 2.05) is 0 Å². The lowest BCUT2D eigenvalue weighted by atomic mass is 9.49. The van der Waals surface area contributed by atoms with Crippen LogP contribution in [-0.4, -0.2) is 23.3 Å². The van der Waals surface area contributed by atoms with Crippen molar-refractivity contribution in [2.75, 3.05) is 11.9 Å². The van der Waals surface area contributed by atoms with Crippen molar-refractivity contribution in [2.24, 2.45) is 23.2 Å². The van der Waals surface area contributed by atoms with E-state index in [2.05, 4.69) is 15.6 Å². The summed E-state index contributed by atoms with van der Waals surface area (Å²) in [4.78, 5) is 28.7. The molecule has 1 aromatic rings. The summed E-state index contributed by atoms with van der Waals surface area (Å²) in [7, 11) is 0. The minimum atomic E-state index is -0.129. The normalized spacial score (nSPS) is 33.2. The molecule has 24 heavy (non-hydrogen) atoms. The zero-order valence-electron chi connectivity index (χ0n) is 14.0. The first-order valence-electron chi connectivity index (χ1n) is 9.11. The number of rotatable bonds is 5. The summed E-state index contributed by atoms with van der Waals surface area (Å²) in [5.74, 6) is 2.40. The van der Waals surface area contributed by atoms with Gasteiger partial charge in [0.1, 0.15) is 0 Å². The molecule has 5 heteroatoms. The summed E-state index contributed by atoms with van der Waals surface area (Å²) < 4.78 is 0. The maximum Gasteiger partial charge on any atom is 0.226 e. The van der Waals surface area contributed by atoms with Crippen LogP contribution < -0.4 is 10.6 Å². The van der Waals surface area contributed by atoms with Gasteiger partial charge < -0.3 is 10.6 Å². The first kappa shape index (κ1) is 15.6. The van der Waals surface area contributed by atoms with Gasteiger partial charge >= 0.3 is 0 Å². The Hall–Kier alpha value is -1.91. The van der Waals surface area contributed by atoms with Crippen LogP contribution in [0.15, 0.2) is 24.5 Å². The molecule has 4 saturated carbocycles. The highest BCUT2D eigenvalue weighted by molar-refractivity contribution is 5.91. The van der Waals surface area contributed by atoms with E-state index in [1.54, 1.807) is 24.5 Å². The van der Waals surface area contributed by atoms with E-state index in [0.29, 0.717) is 13.0 Å². The number of nitrogens with zero attached hydrogens (tertiary/aromatic N) is 1. The number of amides is 2. The third kappa shape index (κ3) is 3.04. The lowest BCUT2D eigenvalue weighted by molar-refractivity contribution is -0.146.